The number of nitrogens with one attached hydrogen (secondary N) is 1. The topological polar surface area (TPSA) is 47.0 Å². The first-order chi connectivity index (χ1) is 6.45. The quantitative estimate of drug-likeness (QED) is 0.716. The third-order valence-electron chi connectivity index (χ3n) is 2.81. The van der Waals surface area contributed by atoms with Crippen LogP contribution in [0.4, 0.5) is 5.95 Å². The summed E-state index contributed by atoms with van der Waals surface area (Å²) in [5.74, 6) is 2.13. The summed E-state index contributed by atoms with van der Waals surface area (Å²) in [5, 5.41) is 3.32. The minimum atomic E-state index is 0.552. The Morgan fingerprint density at radius 3 is 2.62 bits per heavy atom. The average molecular weight is 177 g/mol. The van der Waals surface area contributed by atoms with E-state index in [0.717, 1.165) is 19.2 Å². The number of fused-ring (bicyclic) bond motifs is 1. The van der Waals surface area contributed by atoms with Crippen LogP contribution >= 0.6 is 0 Å². The summed E-state index contributed by atoms with van der Waals surface area (Å²) in [6.07, 6.45) is 3.51. The van der Waals surface area contributed by atoms with Gasteiger partial charge in [-0.15, -0.1) is 0 Å². The van der Waals surface area contributed by atoms with Crippen molar-refractivity contribution in [2.45, 2.75) is 6.04 Å². The van der Waals surface area contributed by atoms with Gasteiger partial charge in [-0.05, 0) is 6.07 Å². The first-order valence-corrected chi connectivity index (χ1v) is 4.56. The Hall–Kier alpha value is -1.16. The zero-order chi connectivity index (χ0) is 8.67. The SMILES string of the molecule is c1cnc(NC2[C@H]3COC[C@@H]23)nc1. The Kier molecular flexibility index (Phi) is 1.49. The predicted octanol–water partition coefficient (Wildman–Crippen LogP) is 0.533. The first-order valence-electron chi connectivity index (χ1n) is 4.56. The van der Waals surface area contributed by atoms with Crippen LogP contribution in [-0.4, -0.2) is 29.2 Å². The van der Waals surface area contributed by atoms with E-state index < -0.39 is 0 Å². The Morgan fingerprint density at radius 2 is 1.92 bits per heavy atom. The molecule has 4 nitrogen and oxygen atoms in total. The summed E-state index contributed by atoms with van der Waals surface area (Å²) in [4.78, 5) is 8.25. The zero-order valence-electron chi connectivity index (χ0n) is 7.18. The molecule has 2 fully saturated rings. The maximum absolute atomic E-state index is 5.29. The molecule has 0 bridgehead atoms. The van der Waals surface area contributed by atoms with Crippen LogP contribution in [0.1, 0.15) is 0 Å². The van der Waals surface area contributed by atoms with Crippen molar-refractivity contribution in [3.8, 4) is 0 Å². The van der Waals surface area contributed by atoms with Crippen molar-refractivity contribution in [1.29, 1.82) is 0 Å². The molecule has 13 heavy (non-hydrogen) atoms. The highest BCUT2D eigenvalue weighted by Gasteiger charge is 2.54. The van der Waals surface area contributed by atoms with Gasteiger partial charge in [0, 0.05) is 30.3 Å². The van der Waals surface area contributed by atoms with Gasteiger partial charge in [0.1, 0.15) is 0 Å². The normalized spacial score (nSPS) is 35.5. The zero-order valence-corrected chi connectivity index (χ0v) is 7.18. The van der Waals surface area contributed by atoms with Gasteiger partial charge in [0.15, 0.2) is 0 Å². The summed E-state index contributed by atoms with van der Waals surface area (Å²) in [5.41, 5.74) is 0. The van der Waals surface area contributed by atoms with Gasteiger partial charge in [-0.25, -0.2) is 9.97 Å². The molecular weight excluding hydrogens is 166 g/mol. The third-order valence-corrected chi connectivity index (χ3v) is 2.81. The van der Waals surface area contributed by atoms with E-state index in [-0.39, 0.29) is 0 Å². The molecule has 2 heterocycles. The molecule has 1 aromatic rings. The summed E-state index contributed by atoms with van der Waals surface area (Å²) < 4.78 is 5.29. The predicted molar refractivity (Wildman–Crippen MR) is 47.2 cm³/mol. The van der Waals surface area contributed by atoms with Crippen molar-refractivity contribution in [2.75, 3.05) is 18.5 Å². The van der Waals surface area contributed by atoms with Gasteiger partial charge in [0.25, 0.3) is 0 Å². The van der Waals surface area contributed by atoms with Crippen molar-refractivity contribution in [3.63, 3.8) is 0 Å². The summed E-state index contributed by atoms with van der Waals surface area (Å²) in [6, 6.07) is 2.37. The van der Waals surface area contributed by atoms with Crippen molar-refractivity contribution in [1.82, 2.24) is 9.97 Å². The van der Waals surface area contributed by atoms with Crippen LogP contribution in [0.2, 0.25) is 0 Å². The van der Waals surface area contributed by atoms with Crippen LogP contribution in [0.15, 0.2) is 18.5 Å². The third kappa shape index (κ3) is 1.18. The monoisotopic (exact) mass is 177 g/mol. The number of hydrogen-bond acceptors (Lipinski definition) is 4. The fourth-order valence-corrected chi connectivity index (χ4v) is 1.98. The van der Waals surface area contributed by atoms with Gasteiger partial charge in [0.05, 0.1) is 13.2 Å². The lowest BCUT2D eigenvalue weighted by atomic mass is 10.4. The highest BCUT2D eigenvalue weighted by molar-refractivity contribution is 5.30. The Bertz CT molecular complexity index is 293. The molecule has 1 aliphatic carbocycles. The molecule has 0 aromatic carbocycles. The van der Waals surface area contributed by atoms with Crippen LogP contribution in [0.5, 0.6) is 0 Å². The van der Waals surface area contributed by atoms with E-state index in [4.69, 9.17) is 4.74 Å². The second kappa shape index (κ2) is 2.67. The van der Waals surface area contributed by atoms with Crippen LogP contribution in [0, 0.1) is 11.8 Å². The lowest BCUT2D eigenvalue weighted by Gasteiger charge is -2.05. The maximum Gasteiger partial charge on any atom is 0.222 e. The standard InChI is InChI=1S/C9H11N3O/c1-2-10-9(11-3-1)12-8-6-4-13-5-7(6)8/h1-3,6-8H,4-5H2,(H,10,11,12)/t6-,7+,8?. The second-order valence-corrected chi connectivity index (χ2v) is 3.61. The van der Waals surface area contributed by atoms with E-state index in [9.17, 15) is 0 Å². The van der Waals surface area contributed by atoms with E-state index in [2.05, 4.69) is 15.3 Å². The molecule has 3 rings (SSSR count). The molecule has 1 saturated carbocycles. The van der Waals surface area contributed by atoms with Crippen LogP contribution in [-0.2, 0) is 4.74 Å². The minimum absolute atomic E-state index is 0.552. The van der Waals surface area contributed by atoms with Gasteiger partial charge in [-0.2, -0.15) is 0 Å². The number of anilines is 1. The molecule has 2 aliphatic rings. The van der Waals surface area contributed by atoms with Crippen molar-refractivity contribution in [2.24, 2.45) is 11.8 Å². The molecule has 4 heteroatoms. The molecule has 1 aliphatic heterocycles. The van der Waals surface area contributed by atoms with Crippen LogP contribution < -0.4 is 5.32 Å². The van der Waals surface area contributed by atoms with E-state index in [0.29, 0.717) is 17.9 Å². The van der Waals surface area contributed by atoms with Crippen LogP contribution in [0.25, 0.3) is 0 Å². The van der Waals surface area contributed by atoms with Crippen molar-refractivity contribution < 1.29 is 4.74 Å². The first kappa shape index (κ1) is 7.26. The smallest absolute Gasteiger partial charge is 0.222 e. The molecule has 1 saturated heterocycles. The molecule has 1 unspecified atom stereocenters. The summed E-state index contributed by atoms with van der Waals surface area (Å²) in [6.45, 7) is 1.80. The Balaban J connectivity index is 1.66. The van der Waals surface area contributed by atoms with Gasteiger partial charge < -0.3 is 10.1 Å². The number of hydrogen-bond donors (Lipinski definition) is 1. The Labute approximate surface area is 76.3 Å². The fourth-order valence-electron chi connectivity index (χ4n) is 1.98. The maximum atomic E-state index is 5.29. The second-order valence-electron chi connectivity index (χ2n) is 3.61. The number of rotatable bonds is 2. The van der Waals surface area contributed by atoms with E-state index in [1.807, 2.05) is 6.07 Å². The van der Waals surface area contributed by atoms with E-state index >= 15 is 0 Å². The Morgan fingerprint density at radius 1 is 1.23 bits per heavy atom. The number of aromatic nitrogens is 2. The minimum Gasteiger partial charge on any atom is -0.381 e. The molecule has 0 spiro atoms. The fraction of sp³-hybridized carbons (Fsp3) is 0.556. The molecule has 68 valence electrons. The molecular formula is C9H11N3O. The average Bonchev–Trinajstić information content (AvgIpc) is 2.65. The van der Waals surface area contributed by atoms with Crippen LogP contribution in [0.3, 0.4) is 0 Å². The van der Waals surface area contributed by atoms with Crippen molar-refractivity contribution >= 4 is 5.95 Å². The van der Waals surface area contributed by atoms with E-state index in [1.165, 1.54) is 0 Å². The molecule has 1 N–H and O–H groups in total. The number of ether oxygens (including phenoxy) is 1. The lowest BCUT2D eigenvalue weighted by molar-refractivity contribution is 0.162. The summed E-state index contributed by atoms with van der Waals surface area (Å²) >= 11 is 0. The van der Waals surface area contributed by atoms with Gasteiger partial charge in [-0.1, -0.05) is 0 Å². The molecule has 0 amide bonds. The highest BCUT2D eigenvalue weighted by Crippen LogP contribution is 2.45. The van der Waals surface area contributed by atoms with Crippen molar-refractivity contribution in [3.05, 3.63) is 18.5 Å². The molecule has 3 atom stereocenters. The van der Waals surface area contributed by atoms with Gasteiger partial charge in [-0.3, -0.25) is 0 Å². The van der Waals surface area contributed by atoms with Gasteiger partial charge in [0.2, 0.25) is 5.95 Å². The highest BCUT2D eigenvalue weighted by atomic mass is 16.5. The van der Waals surface area contributed by atoms with E-state index in [1.54, 1.807) is 12.4 Å². The number of nitrogens with zero attached hydrogens (tertiary/aromatic N) is 2. The van der Waals surface area contributed by atoms with Gasteiger partial charge >= 0.3 is 0 Å². The molecule has 1 aromatic heterocycles. The molecule has 0 radical (unpaired) electrons. The summed E-state index contributed by atoms with van der Waals surface area (Å²) in [7, 11) is 0. The lowest BCUT2D eigenvalue weighted by Crippen LogP contribution is -2.14. The largest absolute Gasteiger partial charge is 0.381 e.